The Hall–Kier alpha value is -5.28. The highest BCUT2D eigenvalue weighted by Gasteiger charge is 2.21. The van der Waals surface area contributed by atoms with Gasteiger partial charge < -0.3 is 9.84 Å². The van der Waals surface area contributed by atoms with Gasteiger partial charge in [0, 0.05) is 27.6 Å². The van der Waals surface area contributed by atoms with E-state index in [0.717, 1.165) is 16.8 Å². The van der Waals surface area contributed by atoms with Crippen LogP contribution in [0.3, 0.4) is 0 Å². The summed E-state index contributed by atoms with van der Waals surface area (Å²) in [4.78, 5) is -1.41. The van der Waals surface area contributed by atoms with Crippen LogP contribution in [0.15, 0.2) is 127 Å². The number of hydrogen-bond donors (Lipinski definition) is 3. The molecule has 0 aromatic heterocycles. The molecule has 12 nitrogen and oxygen atoms in total. The van der Waals surface area contributed by atoms with E-state index in [2.05, 4.69) is 20.5 Å². The number of ether oxygens (including phenoxy) is 1. The molecule has 0 saturated carbocycles. The van der Waals surface area contributed by atoms with Gasteiger partial charge in [-0.05, 0) is 48.0 Å². The number of hydrogen-bond acceptors (Lipinski definition) is 10. The van der Waals surface area contributed by atoms with E-state index in [1.54, 1.807) is 24.3 Å². The standard InChI is InChI=1S/C32H24N4O8S2/c1-2-44-29-18-27(34-33-21-13-11-20-15-22(45(38,39)40)17-30(26(20)16-21)46(41,42)43)24-9-5-6-10-25(24)32(29)36-35-31-23-8-4-3-7-19(23)12-14-28(31)37/h3-18,37H,2H2,1H3,(H,38,39,40)(H,41,42,43). The van der Waals surface area contributed by atoms with Crippen LogP contribution in [0.25, 0.3) is 32.3 Å². The van der Waals surface area contributed by atoms with E-state index in [1.165, 1.54) is 18.2 Å². The largest absolute Gasteiger partial charge is 0.506 e. The number of phenols is 1. The SMILES string of the molecule is CCOc1cc(N=Nc2ccc3cc(S(=O)(=O)O)cc(S(=O)(=O)O)c3c2)c2ccccc2c1N=Nc1c(O)ccc2ccccc12. The zero-order valence-electron chi connectivity index (χ0n) is 23.9. The molecule has 0 heterocycles. The average Bonchev–Trinajstić information content (AvgIpc) is 3.02. The van der Waals surface area contributed by atoms with E-state index in [4.69, 9.17) is 4.74 Å². The maximum absolute atomic E-state index is 12.1. The predicted octanol–water partition coefficient (Wildman–Crippen LogP) is 8.57. The third kappa shape index (κ3) is 6.01. The molecule has 0 radical (unpaired) electrons. The molecule has 0 atom stereocenters. The number of fused-ring (bicyclic) bond motifs is 3. The van der Waals surface area contributed by atoms with Gasteiger partial charge >= 0.3 is 0 Å². The van der Waals surface area contributed by atoms with Gasteiger partial charge in [0.15, 0.2) is 0 Å². The van der Waals surface area contributed by atoms with E-state index >= 15 is 0 Å². The Bertz CT molecular complexity index is 2460. The van der Waals surface area contributed by atoms with Crippen LogP contribution in [0.2, 0.25) is 0 Å². The fourth-order valence-electron chi connectivity index (χ4n) is 5.04. The Morgan fingerprint density at radius 2 is 1.30 bits per heavy atom. The third-order valence-corrected chi connectivity index (χ3v) is 8.84. The lowest BCUT2D eigenvalue weighted by Crippen LogP contribution is -2.04. The van der Waals surface area contributed by atoms with Crippen molar-refractivity contribution in [3.8, 4) is 11.5 Å². The lowest BCUT2D eigenvalue weighted by Gasteiger charge is -2.12. The van der Waals surface area contributed by atoms with Crippen molar-refractivity contribution >= 4 is 75.3 Å². The molecular weight excluding hydrogens is 633 g/mol. The second kappa shape index (κ2) is 11.9. The Labute approximate surface area is 262 Å². The third-order valence-electron chi connectivity index (χ3n) is 7.11. The number of nitrogens with zero attached hydrogens (tertiary/aromatic N) is 4. The van der Waals surface area contributed by atoms with E-state index in [-0.39, 0.29) is 22.2 Å². The van der Waals surface area contributed by atoms with Gasteiger partial charge in [0.1, 0.15) is 27.8 Å². The summed E-state index contributed by atoms with van der Waals surface area (Å²) in [7, 11) is -9.64. The molecule has 6 aromatic carbocycles. The Balaban J connectivity index is 1.46. The quantitative estimate of drug-likeness (QED) is 0.107. The fourth-order valence-corrected chi connectivity index (χ4v) is 6.39. The van der Waals surface area contributed by atoms with Crippen molar-refractivity contribution in [3.63, 3.8) is 0 Å². The molecular formula is C32H24N4O8S2. The van der Waals surface area contributed by atoms with E-state index in [1.807, 2.05) is 49.4 Å². The molecule has 0 amide bonds. The molecule has 6 aromatic rings. The first-order chi connectivity index (χ1) is 21.9. The van der Waals surface area contributed by atoms with Crippen molar-refractivity contribution in [1.29, 1.82) is 0 Å². The molecule has 0 saturated heterocycles. The molecule has 14 heteroatoms. The molecule has 0 bridgehead atoms. The molecule has 3 N–H and O–H groups in total. The molecule has 0 unspecified atom stereocenters. The highest BCUT2D eigenvalue weighted by Crippen LogP contribution is 2.44. The van der Waals surface area contributed by atoms with Crippen molar-refractivity contribution in [2.75, 3.05) is 6.61 Å². The highest BCUT2D eigenvalue weighted by molar-refractivity contribution is 7.86. The summed E-state index contributed by atoms with van der Waals surface area (Å²) in [5.74, 6) is 0.320. The number of benzene rings is 6. The Morgan fingerprint density at radius 3 is 2.02 bits per heavy atom. The van der Waals surface area contributed by atoms with Gasteiger partial charge in [0.05, 0.1) is 22.9 Å². The summed E-state index contributed by atoms with van der Waals surface area (Å²) < 4.78 is 72.7. The predicted molar refractivity (Wildman–Crippen MR) is 173 cm³/mol. The minimum Gasteiger partial charge on any atom is -0.506 e. The van der Waals surface area contributed by atoms with Crippen molar-refractivity contribution in [2.45, 2.75) is 16.7 Å². The van der Waals surface area contributed by atoms with Gasteiger partial charge in [-0.3, -0.25) is 9.11 Å². The second-order valence-corrected chi connectivity index (χ2v) is 12.9. The summed E-state index contributed by atoms with van der Waals surface area (Å²) in [6.07, 6.45) is 0. The van der Waals surface area contributed by atoms with Crippen LogP contribution in [0.5, 0.6) is 11.5 Å². The zero-order chi connectivity index (χ0) is 32.6. The molecule has 0 aliphatic rings. The summed E-state index contributed by atoms with van der Waals surface area (Å²) in [6, 6.07) is 25.6. The first-order valence-electron chi connectivity index (χ1n) is 13.7. The first kappa shape index (κ1) is 30.7. The van der Waals surface area contributed by atoms with Gasteiger partial charge in [0.25, 0.3) is 20.2 Å². The van der Waals surface area contributed by atoms with Gasteiger partial charge in [-0.1, -0.05) is 60.7 Å². The van der Waals surface area contributed by atoms with Crippen LogP contribution in [0.1, 0.15) is 6.92 Å². The topological polar surface area (TPSA) is 188 Å². The van der Waals surface area contributed by atoms with Gasteiger partial charge in [-0.15, -0.1) is 15.3 Å². The Kier molecular flexibility index (Phi) is 7.96. The first-order valence-corrected chi connectivity index (χ1v) is 16.6. The molecule has 0 fully saturated rings. The number of azo groups is 2. The minimum atomic E-state index is -4.88. The van der Waals surface area contributed by atoms with Crippen LogP contribution < -0.4 is 4.74 Å². The van der Waals surface area contributed by atoms with Crippen LogP contribution in [0, 0.1) is 0 Å². The number of rotatable bonds is 8. The van der Waals surface area contributed by atoms with Gasteiger partial charge in [-0.2, -0.15) is 21.9 Å². The van der Waals surface area contributed by atoms with Crippen molar-refractivity contribution < 1.29 is 35.8 Å². The second-order valence-electron chi connectivity index (χ2n) is 10.1. The summed E-state index contributed by atoms with van der Waals surface area (Å²) in [5.41, 5.74) is 1.29. The molecule has 232 valence electrons. The van der Waals surface area contributed by atoms with E-state index in [9.17, 15) is 31.0 Å². The zero-order valence-corrected chi connectivity index (χ0v) is 25.6. The van der Waals surface area contributed by atoms with Crippen molar-refractivity contribution in [1.82, 2.24) is 0 Å². The van der Waals surface area contributed by atoms with Crippen molar-refractivity contribution in [3.05, 3.63) is 97.1 Å². The van der Waals surface area contributed by atoms with Crippen LogP contribution >= 0.6 is 0 Å². The van der Waals surface area contributed by atoms with Crippen LogP contribution in [-0.2, 0) is 20.2 Å². The summed E-state index contributed by atoms with van der Waals surface area (Å²) in [6.45, 7) is 2.11. The normalized spacial score (nSPS) is 12.6. The molecule has 0 aliphatic carbocycles. The molecule has 6 rings (SSSR count). The highest BCUT2D eigenvalue weighted by atomic mass is 32.2. The molecule has 0 aliphatic heterocycles. The monoisotopic (exact) mass is 656 g/mol. The lowest BCUT2D eigenvalue weighted by atomic mass is 10.1. The maximum Gasteiger partial charge on any atom is 0.295 e. The number of aromatic hydroxyl groups is 1. The minimum absolute atomic E-state index is 0.0290. The molecule has 0 spiro atoms. The summed E-state index contributed by atoms with van der Waals surface area (Å²) >= 11 is 0. The molecule has 46 heavy (non-hydrogen) atoms. The maximum atomic E-state index is 12.1. The van der Waals surface area contributed by atoms with Crippen molar-refractivity contribution in [2.24, 2.45) is 20.5 Å². The van der Waals surface area contributed by atoms with E-state index in [0.29, 0.717) is 46.3 Å². The smallest absolute Gasteiger partial charge is 0.295 e. The summed E-state index contributed by atoms with van der Waals surface area (Å²) in [5, 5.41) is 31.2. The van der Waals surface area contributed by atoms with Crippen LogP contribution in [0.4, 0.5) is 22.7 Å². The average molecular weight is 657 g/mol. The Morgan fingerprint density at radius 1 is 0.630 bits per heavy atom. The van der Waals surface area contributed by atoms with Crippen LogP contribution in [-0.4, -0.2) is 37.7 Å². The van der Waals surface area contributed by atoms with E-state index < -0.39 is 30.0 Å². The van der Waals surface area contributed by atoms with Gasteiger partial charge in [-0.25, -0.2) is 0 Å². The number of phenolic OH excluding ortho intramolecular Hbond substituents is 1. The fraction of sp³-hybridized carbons (Fsp3) is 0.0625. The van der Waals surface area contributed by atoms with Gasteiger partial charge in [0.2, 0.25) is 0 Å². The lowest BCUT2D eigenvalue weighted by molar-refractivity contribution is 0.342.